The van der Waals surface area contributed by atoms with Gasteiger partial charge in [-0.15, -0.1) is 0 Å². The van der Waals surface area contributed by atoms with Gasteiger partial charge in [-0.2, -0.15) is 0 Å². The number of benzene rings is 1. The fourth-order valence-electron chi connectivity index (χ4n) is 2.46. The molecule has 1 aromatic carbocycles. The SMILES string of the molecule is COc1cc(C)c(C2CNCCO2)cc1C(C)C. The highest BCUT2D eigenvalue weighted by molar-refractivity contribution is 5.45. The van der Waals surface area contributed by atoms with Gasteiger partial charge in [0.2, 0.25) is 0 Å². The number of hydrogen-bond acceptors (Lipinski definition) is 3. The van der Waals surface area contributed by atoms with Gasteiger partial charge in [-0.1, -0.05) is 13.8 Å². The topological polar surface area (TPSA) is 30.5 Å². The quantitative estimate of drug-likeness (QED) is 0.893. The summed E-state index contributed by atoms with van der Waals surface area (Å²) in [6.45, 7) is 9.13. The van der Waals surface area contributed by atoms with E-state index in [9.17, 15) is 0 Å². The summed E-state index contributed by atoms with van der Waals surface area (Å²) in [6, 6.07) is 4.37. The van der Waals surface area contributed by atoms with Crippen molar-refractivity contribution in [3.8, 4) is 5.75 Å². The van der Waals surface area contributed by atoms with Crippen LogP contribution in [-0.2, 0) is 4.74 Å². The van der Waals surface area contributed by atoms with Crippen LogP contribution in [0, 0.1) is 6.92 Å². The molecule has 1 aliphatic heterocycles. The summed E-state index contributed by atoms with van der Waals surface area (Å²) in [5.41, 5.74) is 3.78. The third kappa shape index (κ3) is 2.68. The van der Waals surface area contributed by atoms with E-state index in [2.05, 4.69) is 38.2 Å². The molecule has 0 bridgehead atoms. The normalized spacial score (nSPS) is 20.2. The van der Waals surface area contributed by atoms with Gasteiger partial charge in [0.1, 0.15) is 5.75 Å². The van der Waals surface area contributed by atoms with Gasteiger partial charge in [0.15, 0.2) is 0 Å². The molecule has 2 rings (SSSR count). The molecule has 100 valence electrons. The average Bonchev–Trinajstić information content (AvgIpc) is 2.39. The molecule has 0 radical (unpaired) electrons. The Bertz CT molecular complexity index is 409. The van der Waals surface area contributed by atoms with E-state index in [1.807, 2.05) is 0 Å². The number of rotatable bonds is 3. The molecule has 0 aliphatic carbocycles. The van der Waals surface area contributed by atoms with E-state index < -0.39 is 0 Å². The maximum absolute atomic E-state index is 5.85. The van der Waals surface area contributed by atoms with Crippen LogP contribution in [0.5, 0.6) is 5.75 Å². The summed E-state index contributed by atoms with van der Waals surface area (Å²) >= 11 is 0. The monoisotopic (exact) mass is 249 g/mol. The minimum absolute atomic E-state index is 0.169. The minimum atomic E-state index is 0.169. The minimum Gasteiger partial charge on any atom is -0.496 e. The molecule has 3 nitrogen and oxygen atoms in total. The zero-order chi connectivity index (χ0) is 13.1. The van der Waals surface area contributed by atoms with Crippen molar-refractivity contribution in [3.05, 3.63) is 28.8 Å². The van der Waals surface area contributed by atoms with Gasteiger partial charge in [0, 0.05) is 13.1 Å². The largest absolute Gasteiger partial charge is 0.496 e. The molecule has 1 unspecified atom stereocenters. The number of morpholine rings is 1. The zero-order valence-electron chi connectivity index (χ0n) is 11.7. The number of hydrogen-bond donors (Lipinski definition) is 1. The van der Waals surface area contributed by atoms with Crippen LogP contribution in [-0.4, -0.2) is 26.8 Å². The second kappa shape index (κ2) is 5.72. The van der Waals surface area contributed by atoms with Crippen LogP contribution in [0.25, 0.3) is 0 Å². The Labute approximate surface area is 109 Å². The third-order valence-electron chi connectivity index (χ3n) is 3.51. The van der Waals surface area contributed by atoms with Crippen LogP contribution in [0.4, 0.5) is 0 Å². The van der Waals surface area contributed by atoms with Crippen molar-refractivity contribution in [2.45, 2.75) is 32.8 Å². The van der Waals surface area contributed by atoms with Crippen molar-refractivity contribution in [2.24, 2.45) is 0 Å². The standard InChI is InChI=1S/C15H23NO2/c1-10(2)12-8-13(11(3)7-14(12)17-4)15-9-16-5-6-18-15/h7-8,10,15-16H,5-6,9H2,1-4H3. The molecular formula is C15H23NO2. The Hall–Kier alpha value is -1.06. The highest BCUT2D eigenvalue weighted by atomic mass is 16.5. The Balaban J connectivity index is 2.37. The summed E-state index contributed by atoms with van der Waals surface area (Å²) in [6.07, 6.45) is 0.169. The third-order valence-corrected chi connectivity index (χ3v) is 3.51. The fraction of sp³-hybridized carbons (Fsp3) is 0.600. The summed E-state index contributed by atoms with van der Waals surface area (Å²) in [5, 5.41) is 3.38. The first-order chi connectivity index (χ1) is 8.63. The lowest BCUT2D eigenvalue weighted by molar-refractivity contribution is 0.0272. The first-order valence-electron chi connectivity index (χ1n) is 6.64. The van der Waals surface area contributed by atoms with Crippen LogP contribution in [0.15, 0.2) is 12.1 Å². The molecule has 0 amide bonds. The van der Waals surface area contributed by atoms with E-state index in [4.69, 9.17) is 9.47 Å². The molecule has 0 aromatic heterocycles. The lowest BCUT2D eigenvalue weighted by Crippen LogP contribution is -2.33. The molecule has 0 spiro atoms. The van der Waals surface area contributed by atoms with Crippen LogP contribution >= 0.6 is 0 Å². The van der Waals surface area contributed by atoms with E-state index in [0.717, 1.165) is 25.4 Å². The van der Waals surface area contributed by atoms with Crippen molar-refractivity contribution < 1.29 is 9.47 Å². The molecule has 1 saturated heterocycles. The van der Waals surface area contributed by atoms with Gasteiger partial charge in [0.25, 0.3) is 0 Å². The lowest BCUT2D eigenvalue weighted by Gasteiger charge is -2.26. The average molecular weight is 249 g/mol. The van der Waals surface area contributed by atoms with Gasteiger partial charge >= 0.3 is 0 Å². The lowest BCUT2D eigenvalue weighted by atomic mass is 9.93. The second-order valence-corrected chi connectivity index (χ2v) is 5.17. The molecule has 1 aromatic rings. The maximum atomic E-state index is 5.85. The number of methoxy groups -OCH3 is 1. The number of nitrogens with one attached hydrogen (secondary N) is 1. The number of ether oxygens (including phenoxy) is 2. The van der Waals surface area contributed by atoms with Gasteiger partial charge in [-0.05, 0) is 41.7 Å². The van der Waals surface area contributed by atoms with E-state index >= 15 is 0 Å². The van der Waals surface area contributed by atoms with E-state index in [1.165, 1.54) is 16.7 Å². The Morgan fingerprint density at radius 3 is 2.72 bits per heavy atom. The van der Waals surface area contributed by atoms with Crippen LogP contribution in [0.1, 0.15) is 42.6 Å². The van der Waals surface area contributed by atoms with E-state index in [-0.39, 0.29) is 6.10 Å². The van der Waals surface area contributed by atoms with E-state index in [0.29, 0.717) is 5.92 Å². The van der Waals surface area contributed by atoms with Crippen molar-refractivity contribution in [2.75, 3.05) is 26.8 Å². The fourth-order valence-corrected chi connectivity index (χ4v) is 2.46. The highest BCUT2D eigenvalue weighted by Gasteiger charge is 2.20. The van der Waals surface area contributed by atoms with Crippen molar-refractivity contribution in [3.63, 3.8) is 0 Å². The molecule has 3 heteroatoms. The van der Waals surface area contributed by atoms with E-state index in [1.54, 1.807) is 7.11 Å². The van der Waals surface area contributed by atoms with Crippen LogP contribution in [0.2, 0.25) is 0 Å². The van der Waals surface area contributed by atoms with Crippen LogP contribution < -0.4 is 10.1 Å². The Morgan fingerprint density at radius 1 is 1.39 bits per heavy atom. The summed E-state index contributed by atoms with van der Waals surface area (Å²) < 4.78 is 11.3. The summed E-state index contributed by atoms with van der Waals surface area (Å²) in [5.74, 6) is 1.44. The van der Waals surface area contributed by atoms with Crippen molar-refractivity contribution in [1.82, 2.24) is 5.32 Å². The smallest absolute Gasteiger partial charge is 0.122 e. The predicted molar refractivity (Wildman–Crippen MR) is 73.4 cm³/mol. The second-order valence-electron chi connectivity index (χ2n) is 5.17. The number of aryl methyl sites for hydroxylation is 1. The van der Waals surface area contributed by atoms with Crippen molar-refractivity contribution >= 4 is 0 Å². The molecule has 1 aliphatic rings. The molecule has 1 N–H and O–H groups in total. The maximum Gasteiger partial charge on any atom is 0.122 e. The Morgan fingerprint density at radius 2 is 2.17 bits per heavy atom. The first-order valence-corrected chi connectivity index (χ1v) is 6.64. The molecule has 1 atom stereocenters. The summed E-state index contributed by atoms with van der Waals surface area (Å²) in [4.78, 5) is 0. The zero-order valence-corrected chi connectivity index (χ0v) is 11.7. The molecule has 1 fully saturated rings. The summed E-state index contributed by atoms with van der Waals surface area (Å²) in [7, 11) is 1.74. The molecule has 0 saturated carbocycles. The molecule has 18 heavy (non-hydrogen) atoms. The van der Waals surface area contributed by atoms with Crippen LogP contribution in [0.3, 0.4) is 0 Å². The Kier molecular flexibility index (Phi) is 4.25. The first kappa shape index (κ1) is 13.4. The highest BCUT2D eigenvalue weighted by Crippen LogP contribution is 2.33. The predicted octanol–water partition coefficient (Wildman–Crippen LogP) is 2.79. The van der Waals surface area contributed by atoms with Gasteiger partial charge in [0.05, 0.1) is 19.8 Å². The van der Waals surface area contributed by atoms with Crippen molar-refractivity contribution in [1.29, 1.82) is 0 Å². The molecular weight excluding hydrogens is 226 g/mol. The van der Waals surface area contributed by atoms with Gasteiger partial charge < -0.3 is 14.8 Å². The molecule has 1 heterocycles. The van der Waals surface area contributed by atoms with Gasteiger partial charge in [-0.25, -0.2) is 0 Å². The van der Waals surface area contributed by atoms with Gasteiger partial charge in [-0.3, -0.25) is 0 Å².